The van der Waals surface area contributed by atoms with Crippen LogP contribution in [0.3, 0.4) is 0 Å². The van der Waals surface area contributed by atoms with Crippen molar-refractivity contribution < 1.29 is 58.8 Å². The number of fused-ring (bicyclic) bond motifs is 8. The van der Waals surface area contributed by atoms with Crippen LogP contribution in [0.5, 0.6) is 0 Å². The zero-order valence-corrected chi connectivity index (χ0v) is 86.8. The molecule has 32 nitrogen and oxygen atoms in total. The highest BCUT2D eigenvalue weighted by atomic mass is 32.1. The van der Waals surface area contributed by atoms with Gasteiger partial charge in [0.2, 0.25) is 0 Å². The number of carbonyl (C=O) groups excluding carboxylic acids is 8. The zero-order chi connectivity index (χ0) is 99.4. The molecule has 3 aliphatic carbocycles. The highest BCUT2D eigenvalue weighted by Crippen LogP contribution is 2.48. The summed E-state index contributed by atoms with van der Waals surface area (Å²) in [5.41, 5.74) is 6.18. The van der Waals surface area contributed by atoms with Gasteiger partial charge in [-0.2, -0.15) is 0 Å². The largest absolute Gasteiger partial charge is 0.391 e. The Hall–Kier alpha value is -10.1. The minimum Gasteiger partial charge on any atom is -0.391 e. The van der Waals surface area contributed by atoms with Crippen LogP contribution < -0.4 is 42.5 Å². The van der Waals surface area contributed by atoms with Gasteiger partial charge in [-0.05, 0) is 331 Å². The predicted molar refractivity (Wildman–Crippen MR) is 545 cm³/mol. The van der Waals surface area contributed by atoms with Crippen molar-refractivity contribution in [1.29, 1.82) is 0 Å². The number of rotatable bonds is 26. The molecule has 8 aliphatic heterocycles. The van der Waals surface area contributed by atoms with Gasteiger partial charge in [0.1, 0.15) is 46.0 Å². The molecular weight excluding hydrogens is 1840 g/mol. The van der Waals surface area contributed by atoms with Crippen LogP contribution in [-0.2, 0) is 0 Å². The Bertz CT molecular complexity index is 5650. The summed E-state index contributed by atoms with van der Waals surface area (Å²) in [6, 6.07) is 9.43. The second-order valence-electron chi connectivity index (χ2n) is 43.1. The fourth-order valence-electron chi connectivity index (χ4n) is 21.4. The number of hydrogen-bond donors (Lipinski definition) is 12. The predicted octanol–water partition coefficient (Wildman–Crippen LogP) is 16.2. The first-order valence-electron chi connectivity index (χ1n) is 50.2. The molecule has 748 valence electrons. The van der Waals surface area contributed by atoms with E-state index >= 15 is 0 Å². The molecule has 8 saturated heterocycles. The van der Waals surface area contributed by atoms with Crippen molar-refractivity contribution in [1.82, 2.24) is 80.7 Å². The second kappa shape index (κ2) is 41.8. The van der Waals surface area contributed by atoms with E-state index in [0.29, 0.717) is 67.1 Å². The number of aromatic nitrogens is 8. The molecule has 3 saturated carbocycles. The normalized spacial score (nSPS) is 23.8. The second-order valence-corrected chi connectivity index (χ2v) is 47.1. The Balaban J connectivity index is 0.000000134. The SMILES string of the molecule is Cc1cc(NC(C)(C)C)ncc1-c1sc(C(=O)N[C@H]2CCC[C@@H]2O)nc1C(=O)N1C2CCC1CC2.Cc1cc(NC(C)C)ncc1-c1sc(C(=O)N[C@@H](C)C(C)(C)O)nc1C(=O)N1C2CCC1CC2.Cc1cc(NC(C)C)ncc1-c1sc(C(=O)N[C@H](C)C(C)(C)O)nc1C(=O)N1C2CCC1CC2.Cc1cc(N[C@H](C)C2CC2)ncc1-c1sc(C(=O)N[C@H]2CCC[C@@H]2O)nc1C(=O)N1C2CCC1CC2. The molecule has 11 aliphatic rings. The van der Waals surface area contributed by atoms with E-state index in [9.17, 15) is 58.8 Å². The highest BCUT2D eigenvalue weighted by molar-refractivity contribution is 7.18. The van der Waals surface area contributed by atoms with Crippen LogP contribution in [0.4, 0.5) is 23.3 Å². The monoisotopic (exact) mass is 1980 g/mol. The molecule has 12 N–H and O–H groups in total. The quantitative estimate of drug-likeness (QED) is 0.0239. The lowest BCUT2D eigenvalue weighted by Gasteiger charge is -2.26. The number of thiazole rings is 4. The molecule has 0 spiro atoms. The molecule has 7 atom stereocenters. The number of carbonyl (C=O) groups is 8. The molecule has 16 heterocycles. The third-order valence-corrected chi connectivity index (χ3v) is 34.1. The molecule has 8 amide bonds. The van der Waals surface area contributed by atoms with Gasteiger partial charge in [0, 0.05) is 119 Å². The lowest BCUT2D eigenvalue weighted by Crippen LogP contribution is -2.47. The van der Waals surface area contributed by atoms with E-state index in [1.165, 1.54) is 58.2 Å². The van der Waals surface area contributed by atoms with Gasteiger partial charge in [0.25, 0.3) is 47.3 Å². The smallest absolute Gasteiger partial charge is 0.280 e. The van der Waals surface area contributed by atoms with Crippen LogP contribution in [0.25, 0.3) is 41.8 Å². The fourth-order valence-corrected chi connectivity index (χ4v) is 25.5. The summed E-state index contributed by atoms with van der Waals surface area (Å²) in [5, 5.41) is 66.8. The van der Waals surface area contributed by atoms with Crippen LogP contribution in [0.15, 0.2) is 49.1 Å². The summed E-state index contributed by atoms with van der Waals surface area (Å²) in [7, 11) is 0. The van der Waals surface area contributed by atoms with Gasteiger partial charge in [-0.1, -0.05) is 0 Å². The molecule has 8 aromatic heterocycles. The lowest BCUT2D eigenvalue weighted by molar-refractivity contribution is 0.0408. The van der Waals surface area contributed by atoms with Crippen molar-refractivity contribution in [2.45, 2.75) is 398 Å². The number of amides is 8. The Kier molecular flexibility index (Phi) is 30.7. The topological polar surface area (TPSA) is 430 Å². The molecular formula is C103H140N20O12S4. The molecule has 11 fully saturated rings. The number of aryl methyl sites for hydroxylation is 4. The van der Waals surface area contributed by atoms with Crippen molar-refractivity contribution in [2.24, 2.45) is 5.92 Å². The van der Waals surface area contributed by atoms with Gasteiger partial charge in [0.15, 0.2) is 20.0 Å². The molecule has 19 rings (SSSR count). The molecule has 0 unspecified atom stereocenters. The maximum Gasteiger partial charge on any atom is 0.280 e. The van der Waals surface area contributed by atoms with Gasteiger partial charge in [-0.3, -0.25) is 38.4 Å². The maximum atomic E-state index is 13.8. The average Bonchev–Trinajstić information content (AvgIpc) is 1.62. The number of pyridine rings is 4. The Labute approximate surface area is 831 Å². The lowest BCUT2D eigenvalue weighted by atomic mass is 10.0. The summed E-state index contributed by atoms with van der Waals surface area (Å²) < 4.78 is 0. The first kappa shape index (κ1) is 102. The molecule has 139 heavy (non-hydrogen) atoms. The molecule has 8 bridgehead atoms. The van der Waals surface area contributed by atoms with E-state index in [-0.39, 0.29) is 134 Å². The molecule has 0 aromatic carbocycles. The Morgan fingerprint density at radius 3 is 0.835 bits per heavy atom. The van der Waals surface area contributed by atoms with E-state index in [1.54, 1.807) is 60.1 Å². The molecule has 8 aromatic rings. The number of hydrogen-bond acceptors (Lipinski definition) is 28. The van der Waals surface area contributed by atoms with Gasteiger partial charge >= 0.3 is 0 Å². The van der Waals surface area contributed by atoms with Gasteiger partial charge in [-0.15, -0.1) is 45.3 Å². The molecule has 0 radical (unpaired) electrons. The van der Waals surface area contributed by atoms with Crippen molar-refractivity contribution in [2.75, 3.05) is 21.3 Å². The van der Waals surface area contributed by atoms with Gasteiger partial charge < -0.3 is 82.6 Å². The van der Waals surface area contributed by atoms with Crippen molar-refractivity contribution in [3.63, 3.8) is 0 Å². The van der Waals surface area contributed by atoms with E-state index < -0.39 is 47.3 Å². The van der Waals surface area contributed by atoms with E-state index in [1.807, 2.05) is 77.8 Å². The third kappa shape index (κ3) is 22.9. The summed E-state index contributed by atoms with van der Waals surface area (Å²) in [4.78, 5) is 155. The zero-order valence-electron chi connectivity index (χ0n) is 83.5. The number of aliphatic hydroxyl groups is 4. The summed E-state index contributed by atoms with van der Waals surface area (Å²) in [6.45, 7) is 34.7. The van der Waals surface area contributed by atoms with E-state index in [0.717, 1.165) is 196 Å². The van der Waals surface area contributed by atoms with Crippen LogP contribution in [0.1, 0.15) is 354 Å². The van der Waals surface area contributed by atoms with Crippen LogP contribution in [0, 0.1) is 33.6 Å². The first-order chi connectivity index (χ1) is 65.9. The van der Waals surface area contributed by atoms with E-state index in [2.05, 4.69) is 138 Å². The van der Waals surface area contributed by atoms with E-state index in [4.69, 9.17) is 0 Å². The number of anilines is 4. The van der Waals surface area contributed by atoms with Crippen molar-refractivity contribution in [3.8, 4) is 41.8 Å². The third-order valence-electron chi connectivity index (χ3n) is 29.8. The average molecular weight is 1980 g/mol. The van der Waals surface area contributed by atoms with Gasteiger partial charge in [-0.25, -0.2) is 39.9 Å². The van der Waals surface area contributed by atoms with Gasteiger partial charge in [0.05, 0.1) is 67.1 Å². The summed E-state index contributed by atoms with van der Waals surface area (Å²) in [5.74, 6) is 2.04. The number of aliphatic hydroxyl groups excluding tert-OH is 2. The van der Waals surface area contributed by atoms with Crippen LogP contribution in [-0.4, -0.2) is 247 Å². The highest BCUT2D eigenvalue weighted by Gasteiger charge is 2.50. The van der Waals surface area contributed by atoms with Crippen LogP contribution in [0.2, 0.25) is 0 Å². The van der Waals surface area contributed by atoms with Crippen molar-refractivity contribution in [3.05, 3.63) is 114 Å². The minimum absolute atomic E-state index is 0.0739. The summed E-state index contributed by atoms with van der Waals surface area (Å²) >= 11 is 4.90. The Morgan fingerprint density at radius 1 is 0.353 bits per heavy atom. The first-order valence-corrected chi connectivity index (χ1v) is 53.5. The number of nitrogens with one attached hydrogen (secondary N) is 8. The van der Waals surface area contributed by atoms with Crippen LogP contribution >= 0.6 is 45.3 Å². The maximum absolute atomic E-state index is 13.8. The standard InChI is InChI=1S/C27H35N5O3S.C26H35N5O3S.2C25H35N5O3S/c1-14-12-22(29-15(2)16-6-7-16)28-13-19(14)24-23(27(35)32-17-8-9-18(32)11-10-17)31-26(36-24)25(34)30-20-4-3-5-21(20)33;1-14-12-20(30-26(2,3)4)27-13-17(14)22-21(25(34)31-15-8-9-16(31)11-10-15)29-24(35-22)23(33)28-18-6-5-7-19(18)32;2*1-13(2)27-19-11-14(3)18(12-26-19)21-20(24(32)30-16-7-8-17(30)10-9-16)29-23(34-21)22(31)28-15(4)25(5,6)33/h12-13,15-18,20-21,33H,3-11H2,1-2H3,(H,28,29)(H,30,34);12-13,15-16,18-19,32H,5-11H2,1-4H3,(H,27,30)(H,28,33);2*11-13,15-17,33H,7-10H2,1-6H3,(H,26,27)(H,28,31)/t15-,17?,18?,20+,21+;15?,16?,18-,19-;2*15-,16?,17?/m1010/s1. The molecule has 36 heteroatoms. The number of nitrogens with zero attached hydrogens (tertiary/aromatic N) is 12. The van der Waals surface area contributed by atoms with Crippen molar-refractivity contribution >= 4 is 116 Å². The fraction of sp³-hybridized carbons (Fsp3) is 0.612. The Morgan fingerprint density at radius 2 is 0.604 bits per heavy atom. The summed E-state index contributed by atoms with van der Waals surface area (Å²) in [6.07, 6.45) is 29.8. The minimum atomic E-state index is -1.08.